The van der Waals surface area contributed by atoms with E-state index in [9.17, 15) is 4.79 Å². The number of tetrazole rings is 1. The minimum Gasteiger partial charge on any atom is -0.349 e. The van der Waals surface area contributed by atoms with Gasteiger partial charge in [0.25, 0.3) is 0 Å². The lowest BCUT2D eigenvalue weighted by Gasteiger charge is -2.14. The first-order valence-corrected chi connectivity index (χ1v) is 9.36. The summed E-state index contributed by atoms with van der Waals surface area (Å²) >= 11 is 1.32. The Balaban J connectivity index is 1.64. The van der Waals surface area contributed by atoms with E-state index in [4.69, 9.17) is 0 Å². The van der Waals surface area contributed by atoms with Crippen molar-refractivity contribution in [1.29, 1.82) is 0 Å². The molecule has 0 aliphatic heterocycles. The van der Waals surface area contributed by atoms with Crippen molar-refractivity contribution in [2.24, 2.45) is 0 Å². The molecule has 3 rings (SSSR count). The summed E-state index contributed by atoms with van der Waals surface area (Å²) in [6.45, 7) is 6.04. The van der Waals surface area contributed by atoms with Crippen LogP contribution < -0.4 is 5.32 Å². The third kappa shape index (κ3) is 4.29. The molecule has 3 aromatic rings. The number of carbonyl (C=O) groups excluding carboxylic acids is 1. The Morgan fingerprint density at radius 2 is 1.96 bits per heavy atom. The Morgan fingerprint density at radius 3 is 2.69 bits per heavy atom. The van der Waals surface area contributed by atoms with Gasteiger partial charge in [-0.25, -0.2) is 0 Å². The number of aromatic nitrogens is 4. The second-order valence-electron chi connectivity index (χ2n) is 6.15. The van der Waals surface area contributed by atoms with Crippen molar-refractivity contribution in [2.75, 3.05) is 5.75 Å². The highest BCUT2D eigenvalue weighted by atomic mass is 32.2. The lowest BCUT2D eigenvalue weighted by molar-refractivity contribution is -0.119. The quantitative estimate of drug-likeness (QED) is 0.677. The Morgan fingerprint density at radius 1 is 1.19 bits per heavy atom. The first kappa shape index (κ1) is 18.1. The van der Waals surface area contributed by atoms with Gasteiger partial charge in [0.15, 0.2) is 0 Å². The summed E-state index contributed by atoms with van der Waals surface area (Å²) in [7, 11) is 0. The topological polar surface area (TPSA) is 72.7 Å². The van der Waals surface area contributed by atoms with E-state index in [0.717, 1.165) is 16.8 Å². The molecule has 134 valence electrons. The van der Waals surface area contributed by atoms with E-state index in [-0.39, 0.29) is 17.7 Å². The maximum atomic E-state index is 12.3. The second kappa shape index (κ2) is 8.14. The molecule has 0 spiro atoms. The van der Waals surface area contributed by atoms with E-state index in [1.807, 2.05) is 63.2 Å². The number of hydrogen-bond donors (Lipinski definition) is 1. The molecule has 1 aromatic heterocycles. The minimum absolute atomic E-state index is 0.0420. The molecule has 2 aromatic carbocycles. The molecule has 0 unspecified atom stereocenters. The SMILES string of the molecule is Cc1ccc(-n2nnnc2SCC(=O)N[C@@H](C)c2ccccc2)c(C)c1. The van der Waals surface area contributed by atoms with Crippen LogP contribution in [-0.2, 0) is 4.79 Å². The second-order valence-corrected chi connectivity index (χ2v) is 7.09. The number of rotatable bonds is 6. The van der Waals surface area contributed by atoms with Gasteiger partial charge in [-0.1, -0.05) is 59.8 Å². The fourth-order valence-electron chi connectivity index (χ4n) is 2.70. The van der Waals surface area contributed by atoms with E-state index in [2.05, 4.69) is 26.9 Å². The fourth-order valence-corrected chi connectivity index (χ4v) is 3.40. The molecule has 1 amide bonds. The van der Waals surface area contributed by atoms with Gasteiger partial charge in [0.05, 0.1) is 17.5 Å². The van der Waals surface area contributed by atoms with Gasteiger partial charge < -0.3 is 5.32 Å². The number of amides is 1. The van der Waals surface area contributed by atoms with Crippen molar-refractivity contribution >= 4 is 17.7 Å². The fraction of sp³-hybridized carbons (Fsp3) is 0.263. The van der Waals surface area contributed by atoms with E-state index in [0.29, 0.717) is 5.16 Å². The van der Waals surface area contributed by atoms with E-state index < -0.39 is 0 Å². The van der Waals surface area contributed by atoms with Crippen molar-refractivity contribution in [3.05, 3.63) is 65.2 Å². The van der Waals surface area contributed by atoms with Crippen LogP contribution in [0.5, 0.6) is 0 Å². The van der Waals surface area contributed by atoms with Gasteiger partial charge in [-0.05, 0) is 48.4 Å². The standard InChI is InChI=1S/C19H21N5OS/c1-13-9-10-17(14(2)11-13)24-19(21-22-23-24)26-12-18(25)20-15(3)16-7-5-4-6-8-16/h4-11,15H,12H2,1-3H3,(H,20,25)/t15-/m0/s1. The normalized spacial score (nSPS) is 12.0. The molecule has 26 heavy (non-hydrogen) atoms. The third-order valence-electron chi connectivity index (χ3n) is 4.03. The van der Waals surface area contributed by atoms with Crippen LogP contribution in [0.3, 0.4) is 0 Å². The van der Waals surface area contributed by atoms with Crippen molar-refractivity contribution in [3.8, 4) is 5.69 Å². The zero-order chi connectivity index (χ0) is 18.5. The van der Waals surface area contributed by atoms with Gasteiger partial charge in [0.2, 0.25) is 11.1 Å². The van der Waals surface area contributed by atoms with Crippen molar-refractivity contribution in [1.82, 2.24) is 25.5 Å². The van der Waals surface area contributed by atoms with Crippen LogP contribution >= 0.6 is 11.8 Å². The Hall–Kier alpha value is -2.67. The molecule has 1 N–H and O–H groups in total. The number of hydrogen-bond acceptors (Lipinski definition) is 5. The average molecular weight is 367 g/mol. The lowest BCUT2D eigenvalue weighted by atomic mass is 10.1. The first-order chi connectivity index (χ1) is 12.5. The molecule has 6 nitrogen and oxygen atoms in total. The summed E-state index contributed by atoms with van der Waals surface area (Å²) in [5, 5.41) is 15.5. The van der Waals surface area contributed by atoms with Gasteiger partial charge in [-0.15, -0.1) is 5.10 Å². The van der Waals surface area contributed by atoms with Crippen molar-refractivity contribution in [3.63, 3.8) is 0 Å². The van der Waals surface area contributed by atoms with Crippen LogP contribution in [0, 0.1) is 13.8 Å². The van der Waals surface area contributed by atoms with Crippen LogP contribution in [0.4, 0.5) is 0 Å². The highest BCUT2D eigenvalue weighted by Crippen LogP contribution is 2.21. The van der Waals surface area contributed by atoms with Crippen LogP contribution in [0.25, 0.3) is 5.69 Å². The summed E-state index contributed by atoms with van der Waals surface area (Å²) in [5.41, 5.74) is 4.26. The average Bonchev–Trinajstić information content (AvgIpc) is 3.09. The van der Waals surface area contributed by atoms with Gasteiger partial charge >= 0.3 is 0 Å². The highest BCUT2D eigenvalue weighted by molar-refractivity contribution is 7.99. The summed E-state index contributed by atoms with van der Waals surface area (Å²) in [5.74, 6) is 0.198. The zero-order valence-electron chi connectivity index (χ0n) is 15.0. The lowest BCUT2D eigenvalue weighted by Crippen LogP contribution is -2.28. The summed E-state index contributed by atoms with van der Waals surface area (Å²) in [4.78, 5) is 12.3. The van der Waals surface area contributed by atoms with Crippen LogP contribution in [0.1, 0.15) is 29.7 Å². The molecule has 0 bridgehead atoms. The Kier molecular flexibility index (Phi) is 5.68. The molecule has 1 atom stereocenters. The molecule has 0 aliphatic carbocycles. The largest absolute Gasteiger partial charge is 0.349 e. The molecular weight excluding hydrogens is 346 g/mol. The van der Waals surface area contributed by atoms with Crippen LogP contribution in [0.15, 0.2) is 53.7 Å². The highest BCUT2D eigenvalue weighted by Gasteiger charge is 2.14. The number of benzene rings is 2. The number of nitrogens with zero attached hydrogens (tertiary/aromatic N) is 4. The number of carbonyl (C=O) groups is 1. The number of aryl methyl sites for hydroxylation is 2. The maximum Gasteiger partial charge on any atom is 0.230 e. The molecule has 0 radical (unpaired) electrons. The van der Waals surface area contributed by atoms with Gasteiger partial charge in [0, 0.05) is 0 Å². The Labute approximate surface area is 157 Å². The molecule has 7 heteroatoms. The minimum atomic E-state index is -0.0541. The number of thioether (sulfide) groups is 1. The third-order valence-corrected chi connectivity index (χ3v) is 4.95. The molecule has 0 saturated heterocycles. The Bertz CT molecular complexity index is 894. The molecular formula is C19H21N5OS. The van der Waals surface area contributed by atoms with E-state index in [1.54, 1.807) is 4.68 Å². The van der Waals surface area contributed by atoms with Gasteiger partial charge in [-0.3, -0.25) is 4.79 Å². The maximum absolute atomic E-state index is 12.3. The monoisotopic (exact) mass is 367 g/mol. The molecule has 0 saturated carbocycles. The van der Waals surface area contributed by atoms with Crippen molar-refractivity contribution in [2.45, 2.75) is 32.0 Å². The van der Waals surface area contributed by atoms with Gasteiger partial charge in [0.1, 0.15) is 0 Å². The van der Waals surface area contributed by atoms with Crippen molar-refractivity contribution < 1.29 is 4.79 Å². The number of nitrogens with one attached hydrogen (secondary N) is 1. The smallest absolute Gasteiger partial charge is 0.230 e. The van der Waals surface area contributed by atoms with E-state index >= 15 is 0 Å². The van der Waals surface area contributed by atoms with Gasteiger partial charge in [-0.2, -0.15) is 4.68 Å². The first-order valence-electron chi connectivity index (χ1n) is 8.37. The van der Waals surface area contributed by atoms with Crippen LogP contribution in [-0.4, -0.2) is 31.9 Å². The predicted octanol–water partition coefficient (Wildman–Crippen LogP) is 3.25. The summed E-state index contributed by atoms with van der Waals surface area (Å²) in [6.07, 6.45) is 0. The van der Waals surface area contributed by atoms with E-state index in [1.165, 1.54) is 17.3 Å². The zero-order valence-corrected chi connectivity index (χ0v) is 15.8. The molecule has 0 fully saturated rings. The summed E-state index contributed by atoms with van der Waals surface area (Å²) < 4.78 is 1.67. The predicted molar refractivity (Wildman–Crippen MR) is 102 cm³/mol. The molecule has 0 aliphatic rings. The molecule has 1 heterocycles. The summed E-state index contributed by atoms with van der Waals surface area (Å²) in [6, 6.07) is 15.9. The van der Waals surface area contributed by atoms with Crippen LogP contribution in [0.2, 0.25) is 0 Å².